The smallest absolute Gasteiger partial charge is 0.417 e. The molecule has 0 spiro atoms. The van der Waals surface area contributed by atoms with E-state index in [4.69, 9.17) is 0 Å². The summed E-state index contributed by atoms with van der Waals surface area (Å²) in [6.07, 6.45) is 0. The predicted molar refractivity (Wildman–Crippen MR) is 105 cm³/mol. The molecule has 0 aliphatic carbocycles. The van der Waals surface area contributed by atoms with E-state index in [9.17, 15) is 0 Å². The van der Waals surface area contributed by atoms with E-state index >= 15 is 0 Å². The number of hydrogen-bond donors (Lipinski definition) is 4. The van der Waals surface area contributed by atoms with Crippen molar-refractivity contribution in [3.63, 3.8) is 0 Å². The zero-order valence-electron chi connectivity index (χ0n) is 20.8. The average molecular weight is 893 g/mol. The van der Waals surface area contributed by atoms with Gasteiger partial charge in [-0.1, -0.05) is 0 Å². The first-order valence-corrected chi connectivity index (χ1v) is 22.2. The Kier molecular flexibility index (Phi) is 63.4. The van der Waals surface area contributed by atoms with Gasteiger partial charge in [0, 0.05) is 0 Å². The molecule has 0 saturated heterocycles. The summed E-state index contributed by atoms with van der Waals surface area (Å²) in [5.41, 5.74) is 0. The van der Waals surface area contributed by atoms with Crippen LogP contribution >= 0.6 is 0 Å². The maximum atomic E-state index is 3.91. The summed E-state index contributed by atoms with van der Waals surface area (Å²) in [6.45, 7) is 26.6. The minimum Gasteiger partial charge on any atom is -0.417 e. The van der Waals surface area contributed by atoms with Crippen LogP contribution in [0.4, 0.5) is 0 Å². The van der Waals surface area contributed by atoms with Gasteiger partial charge < -0.3 is 21.6 Å². The van der Waals surface area contributed by atoms with Gasteiger partial charge in [-0.25, -0.2) is 0 Å². The Bertz CT molecular complexity index is 153. The van der Waals surface area contributed by atoms with E-state index in [-0.39, 0.29) is 276 Å². The van der Waals surface area contributed by atoms with Crippen molar-refractivity contribution in [3.8, 4) is 0 Å². The molecule has 0 aliphatic heterocycles. The second kappa shape index (κ2) is 28.2. The van der Waals surface area contributed by atoms with Gasteiger partial charge in [-0.2, -0.15) is 0 Å². The van der Waals surface area contributed by atoms with Crippen LogP contribution in [0.25, 0.3) is 0 Å². The van der Waals surface area contributed by atoms with E-state index in [1.807, 2.05) is 0 Å². The van der Waals surface area contributed by atoms with Crippen LogP contribution in [0.5, 0.6) is 0 Å². The number of hydrogen-bond acceptors (Lipinski definition) is 0. The molecule has 0 rings (SSSR count). The molecule has 128 valence electrons. The maximum Gasteiger partial charge on any atom is 1.00 e. The van der Waals surface area contributed by atoms with E-state index in [1.165, 1.54) is 0 Å². The molecule has 12 N–H and O–H groups in total. The van der Waals surface area contributed by atoms with Crippen LogP contribution in [0.1, 0.15) is 0 Å². The zero-order valence-corrected chi connectivity index (χ0v) is 49.9. The third kappa shape index (κ3) is 348. The van der Waals surface area contributed by atoms with E-state index < -0.39 is 32.9 Å². The Morgan fingerprint density at radius 1 is 0.292 bits per heavy atom. The Morgan fingerprint density at radius 3 is 0.292 bits per heavy atom. The topological polar surface area (TPSA) is 111 Å². The third-order valence-corrected chi connectivity index (χ3v) is 0. The van der Waals surface area contributed by atoms with Crippen molar-refractivity contribution in [2.75, 3.05) is 0 Å². The standard InChI is InChI=1S/4C3H12NSi.4Cs/c4*1-5(2,3)4;;;;/h4*1-4H3;;;;/q8*+1. The SMILES string of the molecule is C[Si](C)(C)[NH3+].C[Si](C)(C)[NH3+].C[Si](C)(C)[NH3+].C[Si](C)(C)[NH3+].[Cs+].[Cs+].[Cs+].[Cs+]. The van der Waals surface area contributed by atoms with Gasteiger partial charge in [0.25, 0.3) is 32.9 Å². The van der Waals surface area contributed by atoms with E-state index in [0.29, 0.717) is 0 Å². The Labute approximate surface area is 394 Å². The molecule has 0 unspecified atom stereocenters. The van der Waals surface area contributed by atoms with Gasteiger partial charge in [0.05, 0.1) is 0 Å². The molecule has 0 atom stereocenters. The summed E-state index contributed by atoms with van der Waals surface area (Å²) in [6, 6.07) is 0. The van der Waals surface area contributed by atoms with Crippen LogP contribution in [0, 0.1) is 0 Å². The molecule has 0 aromatic rings. The maximum absolute atomic E-state index is 3.91. The molecule has 0 heterocycles. The van der Waals surface area contributed by atoms with Crippen molar-refractivity contribution in [2.45, 2.75) is 78.6 Å². The van der Waals surface area contributed by atoms with Crippen molar-refractivity contribution in [2.24, 2.45) is 0 Å². The van der Waals surface area contributed by atoms with Gasteiger partial charge in [-0.3, -0.25) is 0 Å². The zero-order chi connectivity index (χ0) is 18.0. The second-order valence-corrected chi connectivity index (χ2v) is 30.7. The van der Waals surface area contributed by atoms with Gasteiger partial charge in [-0.05, 0) is 78.6 Å². The van der Waals surface area contributed by atoms with Crippen molar-refractivity contribution < 1.29 is 297 Å². The molecule has 0 radical (unpaired) electrons. The molecule has 24 heavy (non-hydrogen) atoms. The van der Waals surface area contributed by atoms with Crippen molar-refractivity contribution in [1.29, 1.82) is 0 Å². The minimum absolute atomic E-state index is 0. The normalized spacial score (nSPS) is 10.0. The fourth-order valence-corrected chi connectivity index (χ4v) is 0. The first kappa shape index (κ1) is 54.0. The molecule has 0 fully saturated rings. The van der Waals surface area contributed by atoms with Crippen LogP contribution in [0.2, 0.25) is 78.6 Å². The van der Waals surface area contributed by atoms with Gasteiger partial charge in [0.15, 0.2) is 0 Å². The van der Waals surface area contributed by atoms with Crippen LogP contribution in [0.15, 0.2) is 0 Å². The molecule has 0 amide bonds. The largest absolute Gasteiger partial charge is 1.00 e. The predicted octanol–water partition coefficient (Wildman–Crippen LogP) is -11.7. The van der Waals surface area contributed by atoms with Gasteiger partial charge in [-0.15, -0.1) is 0 Å². The second-order valence-electron chi connectivity index (χ2n) is 10.2. The fraction of sp³-hybridized carbons (Fsp3) is 1.00. The molecule has 0 bridgehead atoms. The Morgan fingerprint density at radius 2 is 0.292 bits per heavy atom. The molecule has 0 aliphatic rings. The van der Waals surface area contributed by atoms with Gasteiger partial charge in [0.1, 0.15) is 0 Å². The third-order valence-electron chi connectivity index (χ3n) is 0. The van der Waals surface area contributed by atoms with Gasteiger partial charge >= 0.3 is 276 Å². The monoisotopic (exact) mass is 892 g/mol. The Hall–Kier alpha value is 8.92. The molecule has 0 aromatic heterocycles. The first-order chi connectivity index (χ1) is 8.00. The molecular weight excluding hydrogens is 844 g/mol. The summed E-state index contributed by atoms with van der Waals surface area (Å²) in [5, 5.41) is 15.6. The number of quaternary nitrogens is 4. The molecular formula is C12H48Cs4N4Si4+8. The molecule has 0 saturated carbocycles. The van der Waals surface area contributed by atoms with Crippen molar-refractivity contribution >= 4 is 32.9 Å². The Balaban J connectivity index is -0.0000000225. The van der Waals surface area contributed by atoms with Crippen LogP contribution in [-0.4, -0.2) is 32.9 Å². The summed E-state index contributed by atoms with van der Waals surface area (Å²) in [5.74, 6) is 0. The van der Waals surface area contributed by atoms with E-state index in [1.54, 1.807) is 0 Å². The van der Waals surface area contributed by atoms with Crippen LogP contribution in [-0.2, 0) is 0 Å². The van der Waals surface area contributed by atoms with Crippen molar-refractivity contribution in [3.05, 3.63) is 0 Å². The number of rotatable bonds is 0. The van der Waals surface area contributed by atoms with E-state index in [0.717, 1.165) is 0 Å². The molecule has 12 heteroatoms. The quantitative estimate of drug-likeness (QED) is 0.174. The fourth-order valence-electron chi connectivity index (χ4n) is 0. The van der Waals surface area contributed by atoms with Crippen molar-refractivity contribution in [1.82, 2.24) is 0 Å². The first-order valence-electron chi connectivity index (χ1n) is 7.41. The van der Waals surface area contributed by atoms with Crippen LogP contribution in [0.3, 0.4) is 0 Å². The summed E-state index contributed by atoms with van der Waals surface area (Å²) in [7, 11) is -3.44. The molecule has 4 nitrogen and oxygen atoms in total. The summed E-state index contributed by atoms with van der Waals surface area (Å²) < 4.78 is 0. The van der Waals surface area contributed by atoms with E-state index in [2.05, 4.69) is 100 Å². The summed E-state index contributed by atoms with van der Waals surface area (Å²) in [4.78, 5) is 0. The van der Waals surface area contributed by atoms with Gasteiger partial charge in [0.2, 0.25) is 0 Å². The van der Waals surface area contributed by atoms with Crippen LogP contribution < -0.4 is 297 Å². The minimum atomic E-state index is -0.861. The summed E-state index contributed by atoms with van der Waals surface area (Å²) >= 11 is 0. The molecule has 0 aromatic carbocycles. The average Bonchev–Trinajstić information content (AvgIpc) is 1.62.